The Morgan fingerprint density at radius 2 is 1.62 bits per heavy atom. The van der Waals surface area contributed by atoms with Crippen LogP contribution in [0, 0.1) is 6.92 Å². The molecule has 0 bridgehead atoms. The number of fused-ring (bicyclic) bond motifs is 4. The Labute approximate surface area is 189 Å². The summed E-state index contributed by atoms with van der Waals surface area (Å²) >= 11 is -1.66. The molecule has 1 heterocycles. The Hall–Kier alpha value is -3.51. The van der Waals surface area contributed by atoms with Gasteiger partial charge in [0.25, 0.3) is 0 Å². The van der Waals surface area contributed by atoms with E-state index >= 15 is 0 Å². The highest BCUT2D eigenvalue weighted by Gasteiger charge is 2.16. The van der Waals surface area contributed by atoms with Crippen molar-refractivity contribution in [3.63, 3.8) is 0 Å². The van der Waals surface area contributed by atoms with E-state index in [4.69, 9.17) is 8.92 Å². The molecular weight excluding hydrogens is 420 g/mol. The highest BCUT2D eigenvalue weighted by atomic mass is 32.2. The van der Waals surface area contributed by atoms with Gasteiger partial charge in [-0.15, -0.1) is 0 Å². The molecule has 0 aliphatic carbocycles. The minimum absolute atomic E-state index is 0.593. The van der Waals surface area contributed by atoms with Crippen LogP contribution in [0.2, 0.25) is 0 Å². The van der Waals surface area contributed by atoms with E-state index in [1.165, 1.54) is 0 Å². The molecule has 1 N–H and O–H groups in total. The Balaban J connectivity index is 1.56. The normalized spacial score (nSPS) is 12.4. The van der Waals surface area contributed by atoms with Crippen LogP contribution >= 0.6 is 0 Å². The number of rotatable bonds is 5. The number of hydrogen-bond donors (Lipinski definition) is 1. The summed E-state index contributed by atoms with van der Waals surface area (Å²) in [5.74, 6) is 1.39. The molecule has 6 heteroatoms. The van der Waals surface area contributed by atoms with Crippen molar-refractivity contribution in [3.05, 3.63) is 72.3 Å². The smallest absolute Gasteiger partial charge is 0.241 e. The van der Waals surface area contributed by atoms with Crippen molar-refractivity contribution in [3.8, 4) is 11.5 Å². The van der Waals surface area contributed by atoms with Crippen LogP contribution in [0.15, 0.2) is 71.6 Å². The summed E-state index contributed by atoms with van der Waals surface area (Å²) < 4.78 is 24.6. The lowest BCUT2D eigenvalue weighted by atomic mass is 10.1. The van der Waals surface area contributed by atoms with Crippen molar-refractivity contribution in [1.82, 2.24) is 4.98 Å². The van der Waals surface area contributed by atoms with Crippen LogP contribution in [0.3, 0.4) is 0 Å². The maximum absolute atomic E-state index is 13.3. The lowest BCUT2D eigenvalue weighted by Crippen LogP contribution is -2.09. The molecule has 4 aromatic carbocycles. The number of methoxy groups -OCH3 is 1. The predicted octanol–water partition coefficient (Wildman–Crippen LogP) is 5.96. The minimum atomic E-state index is -1.66. The lowest BCUT2D eigenvalue weighted by Gasteiger charge is -2.17. The molecule has 0 saturated heterocycles. The minimum Gasteiger partial charge on any atom is -0.497 e. The zero-order valence-electron chi connectivity index (χ0n) is 18.4. The van der Waals surface area contributed by atoms with Gasteiger partial charge in [-0.2, -0.15) is 0 Å². The van der Waals surface area contributed by atoms with E-state index in [1.54, 1.807) is 7.11 Å². The van der Waals surface area contributed by atoms with Crippen LogP contribution in [0.1, 0.15) is 5.56 Å². The molecule has 0 fully saturated rings. The molecule has 0 amide bonds. The quantitative estimate of drug-likeness (QED) is 0.363. The summed E-state index contributed by atoms with van der Waals surface area (Å²) in [6.45, 7) is 1.98. The highest BCUT2D eigenvalue weighted by Crippen LogP contribution is 2.35. The summed E-state index contributed by atoms with van der Waals surface area (Å²) in [7, 11) is 5.66. The van der Waals surface area contributed by atoms with Gasteiger partial charge in [0.1, 0.15) is 11.5 Å². The molecule has 0 spiro atoms. The maximum atomic E-state index is 13.3. The van der Waals surface area contributed by atoms with Crippen molar-refractivity contribution in [2.75, 3.05) is 26.1 Å². The average Bonchev–Trinajstić information content (AvgIpc) is 3.18. The highest BCUT2D eigenvalue weighted by molar-refractivity contribution is 7.80. The molecule has 1 atom stereocenters. The fraction of sp³-hybridized carbons (Fsp3) is 0.154. The Morgan fingerprint density at radius 3 is 2.41 bits per heavy atom. The summed E-state index contributed by atoms with van der Waals surface area (Å²) in [4.78, 5) is 6.17. The number of nitrogens with one attached hydrogen (secondary N) is 1. The number of aryl methyl sites for hydroxylation is 1. The van der Waals surface area contributed by atoms with Crippen molar-refractivity contribution >= 4 is 49.3 Å². The van der Waals surface area contributed by atoms with Gasteiger partial charge in [-0.05, 0) is 43.3 Å². The first-order chi connectivity index (χ1) is 15.5. The van der Waals surface area contributed by atoms with Crippen LogP contribution < -0.4 is 13.8 Å². The second kappa shape index (κ2) is 7.88. The third-order valence-corrected chi connectivity index (χ3v) is 6.92. The van der Waals surface area contributed by atoms with Crippen molar-refractivity contribution in [2.24, 2.45) is 0 Å². The molecular formula is C26H24N2O3S. The average molecular weight is 445 g/mol. The van der Waals surface area contributed by atoms with Gasteiger partial charge in [-0.25, -0.2) is 4.21 Å². The topological polar surface area (TPSA) is 54.6 Å². The van der Waals surface area contributed by atoms with Gasteiger partial charge < -0.3 is 18.8 Å². The fourth-order valence-electron chi connectivity index (χ4n) is 4.22. The summed E-state index contributed by atoms with van der Waals surface area (Å²) in [6.07, 6.45) is 0. The number of benzene rings is 4. The van der Waals surface area contributed by atoms with E-state index in [2.05, 4.69) is 16.0 Å². The first-order valence-electron chi connectivity index (χ1n) is 10.4. The number of anilines is 1. The molecule has 1 aromatic heterocycles. The van der Waals surface area contributed by atoms with Gasteiger partial charge in [0.15, 0.2) is 0 Å². The molecule has 162 valence electrons. The lowest BCUT2D eigenvalue weighted by molar-refractivity contribution is 0.415. The largest absolute Gasteiger partial charge is 0.497 e. The SMILES string of the molecule is COc1ccc2c(c1)[nH]c1c(C)c(OS(=O)c3cccc4c(N(C)C)cccc34)ccc12. The van der Waals surface area contributed by atoms with Crippen LogP contribution in [0.4, 0.5) is 5.69 Å². The molecule has 0 radical (unpaired) electrons. The number of aromatic nitrogens is 1. The fourth-order valence-corrected chi connectivity index (χ4v) is 5.20. The Kier molecular flexibility index (Phi) is 5.02. The van der Waals surface area contributed by atoms with E-state index < -0.39 is 11.1 Å². The third kappa shape index (κ3) is 3.28. The number of aromatic amines is 1. The van der Waals surface area contributed by atoms with Crippen molar-refractivity contribution in [2.45, 2.75) is 11.8 Å². The monoisotopic (exact) mass is 444 g/mol. The van der Waals surface area contributed by atoms with Gasteiger partial charge in [-0.1, -0.05) is 24.3 Å². The van der Waals surface area contributed by atoms with Gasteiger partial charge >= 0.3 is 0 Å². The van der Waals surface area contributed by atoms with Gasteiger partial charge in [0, 0.05) is 53.0 Å². The van der Waals surface area contributed by atoms with E-state index in [1.807, 2.05) is 81.7 Å². The Bertz CT molecular complexity index is 1500. The van der Waals surface area contributed by atoms with Crippen LogP contribution in [-0.2, 0) is 11.1 Å². The van der Waals surface area contributed by atoms with Crippen LogP contribution in [0.5, 0.6) is 11.5 Å². The zero-order valence-corrected chi connectivity index (χ0v) is 19.2. The van der Waals surface area contributed by atoms with E-state index in [0.717, 1.165) is 49.6 Å². The van der Waals surface area contributed by atoms with E-state index in [-0.39, 0.29) is 0 Å². The molecule has 5 aromatic rings. The van der Waals surface area contributed by atoms with E-state index in [0.29, 0.717) is 10.6 Å². The van der Waals surface area contributed by atoms with E-state index in [9.17, 15) is 4.21 Å². The van der Waals surface area contributed by atoms with Crippen molar-refractivity contribution in [1.29, 1.82) is 0 Å². The number of ether oxygens (including phenoxy) is 1. The van der Waals surface area contributed by atoms with Gasteiger partial charge in [0.05, 0.1) is 23.0 Å². The molecule has 1 unspecified atom stereocenters. The molecule has 5 rings (SSSR count). The first kappa shape index (κ1) is 20.4. The first-order valence-corrected chi connectivity index (χ1v) is 11.4. The summed E-state index contributed by atoms with van der Waals surface area (Å²) in [5.41, 5.74) is 3.95. The van der Waals surface area contributed by atoms with Crippen LogP contribution in [0.25, 0.3) is 32.6 Å². The molecule has 0 saturated carbocycles. The zero-order chi connectivity index (χ0) is 22.4. The molecule has 0 aliphatic rings. The number of nitrogens with zero attached hydrogens (tertiary/aromatic N) is 1. The summed E-state index contributed by atoms with van der Waals surface area (Å²) in [6, 6.07) is 21.7. The summed E-state index contributed by atoms with van der Waals surface area (Å²) in [5, 5.41) is 4.18. The molecule has 32 heavy (non-hydrogen) atoms. The van der Waals surface area contributed by atoms with Gasteiger partial charge in [-0.3, -0.25) is 0 Å². The number of hydrogen-bond acceptors (Lipinski definition) is 4. The molecule has 5 nitrogen and oxygen atoms in total. The Morgan fingerprint density at radius 1 is 0.875 bits per heavy atom. The van der Waals surface area contributed by atoms with Crippen molar-refractivity contribution < 1.29 is 13.1 Å². The number of H-pyrrole nitrogens is 1. The second-order valence-electron chi connectivity index (χ2n) is 7.99. The standard InChI is InChI=1S/C26H24N2O3S/c1-16-24(14-13-21-18-12-11-17(30-4)15-22(18)27-26(16)21)31-32(29)25-10-6-7-19-20(25)8-5-9-23(19)28(2)3/h5-15,27H,1-4H3. The third-order valence-electron chi connectivity index (χ3n) is 5.88. The molecule has 0 aliphatic heterocycles. The predicted molar refractivity (Wildman–Crippen MR) is 132 cm³/mol. The van der Waals surface area contributed by atoms with Crippen LogP contribution in [-0.4, -0.2) is 30.4 Å². The second-order valence-corrected chi connectivity index (χ2v) is 9.06. The maximum Gasteiger partial charge on any atom is 0.241 e. The van der Waals surface area contributed by atoms with Gasteiger partial charge in [0.2, 0.25) is 11.1 Å².